The Kier molecular flexibility index (Phi) is 3.91. The first-order valence-corrected chi connectivity index (χ1v) is 10.2. The van der Waals surface area contributed by atoms with E-state index in [0.717, 1.165) is 36.6 Å². The number of likely N-dealkylation sites (N-methyl/N-ethyl adjacent to an activating group) is 1. The molecule has 142 valence electrons. The monoisotopic (exact) mass is 366 g/mol. The number of anilines is 2. The fraction of sp³-hybridized carbons (Fsp3) is 0.600. The summed E-state index contributed by atoms with van der Waals surface area (Å²) in [5, 5.41) is 0. The molecule has 0 aromatic carbocycles. The molecule has 2 aromatic rings. The van der Waals surface area contributed by atoms with Crippen molar-refractivity contribution < 1.29 is 4.79 Å². The van der Waals surface area contributed by atoms with Crippen LogP contribution in [0.2, 0.25) is 0 Å². The Balaban J connectivity index is 1.62. The normalized spacial score (nSPS) is 23.2. The molecule has 0 bridgehead atoms. The molecule has 5 rings (SSSR count). The van der Waals surface area contributed by atoms with Crippen molar-refractivity contribution in [3.05, 3.63) is 24.4 Å². The first-order valence-electron chi connectivity index (χ1n) is 10.2. The van der Waals surface area contributed by atoms with Crippen LogP contribution in [0.3, 0.4) is 0 Å². The Labute approximate surface area is 159 Å². The van der Waals surface area contributed by atoms with Crippen LogP contribution < -0.4 is 9.80 Å². The van der Waals surface area contributed by atoms with Gasteiger partial charge in [-0.3, -0.25) is 9.36 Å². The Morgan fingerprint density at radius 3 is 2.63 bits per heavy atom. The van der Waals surface area contributed by atoms with Crippen molar-refractivity contribution in [1.82, 2.24) is 19.5 Å². The summed E-state index contributed by atoms with van der Waals surface area (Å²) in [4.78, 5) is 31.1. The molecular weight excluding hydrogens is 340 g/mol. The number of imidazole rings is 1. The van der Waals surface area contributed by atoms with Crippen molar-refractivity contribution in [2.45, 2.75) is 69.9 Å². The molecular formula is C20H26N6O. The number of aromatic nitrogens is 4. The Morgan fingerprint density at radius 1 is 1.15 bits per heavy atom. The zero-order valence-electron chi connectivity index (χ0n) is 16.0. The van der Waals surface area contributed by atoms with Crippen LogP contribution in [0.25, 0.3) is 5.95 Å². The molecule has 0 N–H and O–H groups in total. The molecule has 2 aromatic heterocycles. The van der Waals surface area contributed by atoms with Crippen molar-refractivity contribution in [3.8, 4) is 5.95 Å². The number of carbonyl (C=O) groups excluding carboxylic acids is 1. The van der Waals surface area contributed by atoms with Crippen LogP contribution in [0.5, 0.6) is 0 Å². The molecule has 1 atom stereocenters. The minimum Gasteiger partial charge on any atom is -0.340 e. The molecule has 27 heavy (non-hydrogen) atoms. The third-order valence-electron chi connectivity index (χ3n) is 6.23. The van der Waals surface area contributed by atoms with Crippen molar-refractivity contribution >= 4 is 17.4 Å². The highest BCUT2D eigenvalue weighted by Crippen LogP contribution is 2.41. The fourth-order valence-corrected chi connectivity index (χ4v) is 4.62. The molecule has 0 saturated heterocycles. The number of amides is 1. The van der Waals surface area contributed by atoms with Gasteiger partial charge in [0.15, 0.2) is 5.82 Å². The van der Waals surface area contributed by atoms with Crippen molar-refractivity contribution in [2.75, 3.05) is 16.8 Å². The van der Waals surface area contributed by atoms with Crippen molar-refractivity contribution in [1.29, 1.82) is 0 Å². The molecule has 2 saturated carbocycles. The molecule has 2 fully saturated rings. The molecule has 7 nitrogen and oxygen atoms in total. The highest BCUT2D eigenvalue weighted by Gasteiger charge is 2.41. The van der Waals surface area contributed by atoms with Crippen molar-refractivity contribution in [2.24, 2.45) is 0 Å². The summed E-state index contributed by atoms with van der Waals surface area (Å²) in [5.41, 5.74) is 0.813. The average Bonchev–Trinajstić information content (AvgIpc) is 3.18. The Hall–Kier alpha value is -2.44. The van der Waals surface area contributed by atoms with E-state index in [1.54, 1.807) is 11.1 Å². The topological polar surface area (TPSA) is 67.2 Å². The van der Waals surface area contributed by atoms with Gasteiger partial charge >= 0.3 is 0 Å². The predicted molar refractivity (Wildman–Crippen MR) is 103 cm³/mol. The first kappa shape index (κ1) is 16.7. The second-order valence-electron chi connectivity index (χ2n) is 7.98. The third kappa shape index (κ3) is 2.63. The molecule has 1 amide bonds. The van der Waals surface area contributed by atoms with Crippen LogP contribution in [-0.2, 0) is 4.79 Å². The largest absolute Gasteiger partial charge is 0.340 e. The van der Waals surface area contributed by atoms with E-state index in [-0.39, 0.29) is 11.9 Å². The van der Waals surface area contributed by atoms with Gasteiger partial charge in [-0.1, -0.05) is 19.8 Å². The molecule has 0 radical (unpaired) electrons. The minimum atomic E-state index is -0.140. The first-order chi connectivity index (χ1) is 13.2. The predicted octanol–water partition coefficient (Wildman–Crippen LogP) is 3.04. The lowest BCUT2D eigenvalue weighted by atomic mass is 10.0. The summed E-state index contributed by atoms with van der Waals surface area (Å²) in [6.07, 6.45) is 13.5. The summed E-state index contributed by atoms with van der Waals surface area (Å²) in [6.45, 7) is 2.09. The molecule has 7 heteroatoms. The van der Waals surface area contributed by atoms with Crippen LogP contribution in [0, 0.1) is 0 Å². The van der Waals surface area contributed by atoms with Gasteiger partial charge in [0.05, 0.1) is 6.20 Å². The number of rotatable bonds is 4. The summed E-state index contributed by atoms with van der Waals surface area (Å²) >= 11 is 0. The van der Waals surface area contributed by atoms with Crippen LogP contribution in [0.1, 0.15) is 63.6 Å². The zero-order chi connectivity index (χ0) is 18.5. The number of nitrogens with zero attached hydrogens (tertiary/aromatic N) is 6. The lowest BCUT2D eigenvalue weighted by Gasteiger charge is -2.43. The maximum Gasteiger partial charge on any atom is 0.249 e. The van der Waals surface area contributed by atoms with Crippen LogP contribution >= 0.6 is 0 Å². The van der Waals surface area contributed by atoms with Crippen LogP contribution in [0.4, 0.5) is 11.5 Å². The Bertz CT molecular complexity index is 867. The summed E-state index contributed by atoms with van der Waals surface area (Å²) in [6, 6.07) is 0.249. The van der Waals surface area contributed by atoms with Crippen LogP contribution in [-0.4, -0.2) is 44.6 Å². The molecule has 0 spiro atoms. The number of hydrogen-bond donors (Lipinski definition) is 0. The van der Waals surface area contributed by atoms with E-state index in [2.05, 4.69) is 21.8 Å². The number of carbonyl (C=O) groups is 1. The smallest absolute Gasteiger partial charge is 0.249 e. The average molecular weight is 366 g/mol. The standard InChI is InChI=1S/C20H26N6O/c1-3-15-19(27)24(2)16-12-22-20(25-11-10-21-17(25)13-8-9-13)23-18(16)26(15)14-6-4-5-7-14/h10-15H,3-9H2,1-2H3. The van der Waals surface area contributed by atoms with Gasteiger partial charge in [0.25, 0.3) is 0 Å². The molecule has 1 aliphatic heterocycles. The van der Waals surface area contributed by atoms with E-state index in [4.69, 9.17) is 4.98 Å². The van der Waals surface area contributed by atoms with E-state index >= 15 is 0 Å². The zero-order valence-corrected chi connectivity index (χ0v) is 16.0. The minimum absolute atomic E-state index is 0.140. The maximum absolute atomic E-state index is 13.0. The van der Waals surface area contributed by atoms with Gasteiger partial charge in [-0.2, -0.15) is 4.98 Å². The van der Waals surface area contributed by atoms with Gasteiger partial charge in [0, 0.05) is 31.4 Å². The SMILES string of the molecule is CCC1C(=O)N(C)c2cnc(-n3ccnc3C3CC3)nc2N1C1CCCC1. The number of fused-ring (bicyclic) bond motifs is 1. The fourth-order valence-electron chi connectivity index (χ4n) is 4.62. The second kappa shape index (κ2) is 6.32. The van der Waals surface area contributed by atoms with Gasteiger partial charge in [-0.05, 0) is 32.1 Å². The molecule has 3 aliphatic rings. The highest BCUT2D eigenvalue weighted by molar-refractivity contribution is 6.04. The van der Waals surface area contributed by atoms with E-state index in [1.165, 1.54) is 25.7 Å². The summed E-state index contributed by atoms with van der Waals surface area (Å²) in [5.74, 6) is 3.28. The maximum atomic E-state index is 13.0. The summed E-state index contributed by atoms with van der Waals surface area (Å²) < 4.78 is 2.02. The Morgan fingerprint density at radius 2 is 1.93 bits per heavy atom. The lowest BCUT2D eigenvalue weighted by molar-refractivity contribution is -0.120. The molecule has 1 unspecified atom stereocenters. The van der Waals surface area contributed by atoms with Gasteiger partial charge in [0.1, 0.15) is 17.6 Å². The second-order valence-corrected chi connectivity index (χ2v) is 7.98. The molecule has 2 aliphatic carbocycles. The van der Waals surface area contributed by atoms with E-state index in [0.29, 0.717) is 17.9 Å². The van der Waals surface area contributed by atoms with Gasteiger partial charge in [-0.15, -0.1) is 0 Å². The van der Waals surface area contributed by atoms with E-state index in [1.807, 2.05) is 24.0 Å². The molecule has 3 heterocycles. The van der Waals surface area contributed by atoms with Crippen LogP contribution in [0.15, 0.2) is 18.6 Å². The highest BCUT2D eigenvalue weighted by atomic mass is 16.2. The van der Waals surface area contributed by atoms with Gasteiger partial charge in [0.2, 0.25) is 11.9 Å². The third-order valence-corrected chi connectivity index (χ3v) is 6.23. The van der Waals surface area contributed by atoms with E-state index < -0.39 is 0 Å². The van der Waals surface area contributed by atoms with E-state index in [9.17, 15) is 4.79 Å². The quantitative estimate of drug-likeness (QED) is 0.832. The lowest BCUT2D eigenvalue weighted by Crippen LogP contribution is -2.55. The van der Waals surface area contributed by atoms with Gasteiger partial charge in [-0.25, -0.2) is 9.97 Å². The summed E-state index contributed by atoms with van der Waals surface area (Å²) in [7, 11) is 1.84. The van der Waals surface area contributed by atoms with Gasteiger partial charge < -0.3 is 9.80 Å². The number of hydrogen-bond acceptors (Lipinski definition) is 5. The van der Waals surface area contributed by atoms with Crippen molar-refractivity contribution in [3.63, 3.8) is 0 Å².